The molecule has 0 unspecified atom stereocenters. The zero-order chi connectivity index (χ0) is 12.7. The molecule has 16 heavy (non-hydrogen) atoms. The fourth-order valence-corrected chi connectivity index (χ4v) is 1.00. The molecule has 0 spiro atoms. The van der Waals surface area contributed by atoms with E-state index in [9.17, 15) is 9.59 Å². The van der Waals surface area contributed by atoms with E-state index in [2.05, 4.69) is 0 Å². The van der Waals surface area contributed by atoms with Gasteiger partial charge in [-0.1, -0.05) is 6.92 Å². The number of carbonyl (C=O) groups is 2. The second-order valence-electron chi connectivity index (χ2n) is 3.96. The molecule has 0 N–H and O–H groups in total. The minimum atomic E-state index is -0.507. The fraction of sp³-hybridized carbons (Fsp3) is 0.667. The summed E-state index contributed by atoms with van der Waals surface area (Å²) in [5.41, 5.74) is 0.333. The lowest BCUT2D eigenvalue weighted by Gasteiger charge is -2.10. The molecule has 0 bridgehead atoms. The van der Waals surface area contributed by atoms with Crippen LogP contribution in [0.3, 0.4) is 0 Å². The Kier molecular flexibility index (Phi) is 6.46. The summed E-state index contributed by atoms with van der Waals surface area (Å²) >= 11 is 0. The van der Waals surface area contributed by atoms with E-state index >= 15 is 0 Å². The number of ether oxygens (including phenoxy) is 2. The van der Waals surface area contributed by atoms with Crippen molar-refractivity contribution in [3.8, 4) is 0 Å². The number of carbonyl (C=O) groups excluding carboxylic acids is 2. The molecule has 0 amide bonds. The molecule has 0 atom stereocenters. The Labute approximate surface area is 96.6 Å². The maximum absolute atomic E-state index is 11.5. The standard InChI is InChI=1S/C12H20O4/c1-6-10(12(14)16-9(4)5)7-11(13)15-8(2)3/h7-9H,6H2,1-5H3/b10-7+. The largest absolute Gasteiger partial charge is 0.460 e. The molecule has 0 aliphatic rings. The molecule has 0 aliphatic carbocycles. The highest BCUT2D eigenvalue weighted by molar-refractivity contribution is 5.96. The average Bonchev–Trinajstić information content (AvgIpc) is 2.11. The first-order valence-electron chi connectivity index (χ1n) is 5.49. The third-order valence-corrected chi connectivity index (χ3v) is 1.63. The van der Waals surface area contributed by atoms with E-state index in [-0.39, 0.29) is 12.2 Å². The summed E-state index contributed by atoms with van der Waals surface area (Å²) in [5.74, 6) is -0.967. The van der Waals surface area contributed by atoms with Crippen LogP contribution in [0.4, 0.5) is 0 Å². The number of esters is 2. The fourth-order valence-electron chi connectivity index (χ4n) is 1.00. The number of hydrogen-bond donors (Lipinski definition) is 0. The van der Waals surface area contributed by atoms with Gasteiger partial charge in [-0.15, -0.1) is 0 Å². The highest BCUT2D eigenvalue weighted by Crippen LogP contribution is 2.06. The van der Waals surface area contributed by atoms with Crippen LogP contribution in [-0.2, 0) is 19.1 Å². The van der Waals surface area contributed by atoms with Crippen LogP contribution >= 0.6 is 0 Å². The second-order valence-corrected chi connectivity index (χ2v) is 3.96. The summed E-state index contributed by atoms with van der Waals surface area (Å²) in [6, 6.07) is 0. The van der Waals surface area contributed by atoms with E-state index in [0.717, 1.165) is 0 Å². The SMILES string of the molecule is CC/C(=C\C(=O)OC(C)C)C(=O)OC(C)C. The van der Waals surface area contributed by atoms with Crippen LogP contribution in [-0.4, -0.2) is 24.1 Å². The van der Waals surface area contributed by atoms with Gasteiger partial charge in [-0.2, -0.15) is 0 Å². The zero-order valence-corrected chi connectivity index (χ0v) is 10.6. The van der Waals surface area contributed by atoms with Crippen LogP contribution in [0.5, 0.6) is 0 Å². The summed E-state index contributed by atoms with van der Waals surface area (Å²) in [5, 5.41) is 0. The number of hydrogen-bond acceptors (Lipinski definition) is 4. The molecule has 0 aromatic carbocycles. The smallest absolute Gasteiger partial charge is 0.334 e. The maximum atomic E-state index is 11.5. The molecule has 4 nitrogen and oxygen atoms in total. The van der Waals surface area contributed by atoms with Crippen LogP contribution < -0.4 is 0 Å². The minimum Gasteiger partial charge on any atom is -0.460 e. The Bertz CT molecular complexity index is 277. The summed E-state index contributed by atoms with van der Waals surface area (Å²) in [6.07, 6.45) is 1.26. The third-order valence-electron chi connectivity index (χ3n) is 1.63. The van der Waals surface area contributed by atoms with Gasteiger partial charge >= 0.3 is 11.9 Å². The lowest BCUT2D eigenvalue weighted by Crippen LogP contribution is -2.16. The van der Waals surface area contributed by atoms with E-state index in [0.29, 0.717) is 12.0 Å². The third kappa shape index (κ3) is 6.22. The lowest BCUT2D eigenvalue weighted by atomic mass is 10.2. The van der Waals surface area contributed by atoms with E-state index in [1.165, 1.54) is 6.08 Å². The highest BCUT2D eigenvalue weighted by Gasteiger charge is 2.13. The van der Waals surface area contributed by atoms with Crippen molar-refractivity contribution in [1.29, 1.82) is 0 Å². The van der Waals surface area contributed by atoms with E-state index in [1.54, 1.807) is 34.6 Å². The molecule has 0 saturated carbocycles. The first-order valence-corrected chi connectivity index (χ1v) is 5.49. The minimum absolute atomic E-state index is 0.191. The van der Waals surface area contributed by atoms with Crippen LogP contribution in [0.2, 0.25) is 0 Å². The van der Waals surface area contributed by atoms with Crippen molar-refractivity contribution in [2.24, 2.45) is 0 Å². The van der Waals surface area contributed by atoms with Crippen LogP contribution in [0.15, 0.2) is 11.6 Å². The topological polar surface area (TPSA) is 52.6 Å². The molecule has 0 aromatic rings. The summed E-state index contributed by atoms with van der Waals surface area (Å²) in [6.45, 7) is 8.82. The van der Waals surface area contributed by atoms with Gasteiger partial charge in [0.1, 0.15) is 0 Å². The molecule has 0 saturated heterocycles. The molecule has 0 radical (unpaired) electrons. The molecule has 0 rings (SSSR count). The van der Waals surface area contributed by atoms with Crippen molar-refractivity contribution in [2.45, 2.75) is 53.2 Å². The monoisotopic (exact) mass is 228 g/mol. The van der Waals surface area contributed by atoms with Gasteiger partial charge in [0, 0.05) is 11.6 Å². The van der Waals surface area contributed by atoms with Crippen molar-refractivity contribution < 1.29 is 19.1 Å². The average molecular weight is 228 g/mol. The predicted octanol–water partition coefficient (Wildman–Crippen LogP) is 2.23. The molecule has 0 heterocycles. The van der Waals surface area contributed by atoms with Crippen LogP contribution in [0, 0.1) is 0 Å². The van der Waals surface area contributed by atoms with Gasteiger partial charge in [0.25, 0.3) is 0 Å². The molecular weight excluding hydrogens is 208 g/mol. The Morgan fingerprint density at radius 2 is 1.56 bits per heavy atom. The van der Waals surface area contributed by atoms with Gasteiger partial charge in [-0.25, -0.2) is 9.59 Å². The summed E-state index contributed by atoms with van der Waals surface area (Å²) in [4.78, 5) is 22.8. The van der Waals surface area contributed by atoms with Crippen molar-refractivity contribution in [1.82, 2.24) is 0 Å². The quantitative estimate of drug-likeness (QED) is 0.535. The van der Waals surface area contributed by atoms with Gasteiger partial charge in [0.05, 0.1) is 12.2 Å². The molecule has 92 valence electrons. The molecule has 4 heteroatoms. The first kappa shape index (κ1) is 14.7. The molecule has 0 aromatic heterocycles. The zero-order valence-electron chi connectivity index (χ0n) is 10.6. The van der Waals surface area contributed by atoms with Crippen molar-refractivity contribution in [3.05, 3.63) is 11.6 Å². The van der Waals surface area contributed by atoms with Crippen LogP contribution in [0.1, 0.15) is 41.0 Å². The summed E-state index contributed by atoms with van der Waals surface area (Å²) < 4.78 is 9.91. The van der Waals surface area contributed by atoms with E-state index < -0.39 is 11.9 Å². The van der Waals surface area contributed by atoms with Crippen molar-refractivity contribution in [2.75, 3.05) is 0 Å². The Hall–Kier alpha value is -1.32. The van der Waals surface area contributed by atoms with Gasteiger partial charge in [-0.3, -0.25) is 0 Å². The molecule has 0 fully saturated rings. The highest BCUT2D eigenvalue weighted by atomic mass is 16.5. The first-order chi connectivity index (χ1) is 7.36. The van der Waals surface area contributed by atoms with Crippen molar-refractivity contribution in [3.63, 3.8) is 0 Å². The van der Waals surface area contributed by atoms with Gasteiger partial charge < -0.3 is 9.47 Å². The lowest BCUT2D eigenvalue weighted by molar-refractivity contribution is -0.145. The number of rotatable bonds is 5. The van der Waals surface area contributed by atoms with Gasteiger partial charge in [-0.05, 0) is 34.1 Å². The van der Waals surface area contributed by atoms with Crippen molar-refractivity contribution >= 4 is 11.9 Å². The van der Waals surface area contributed by atoms with Gasteiger partial charge in [0.15, 0.2) is 0 Å². The second kappa shape index (κ2) is 7.04. The maximum Gasteiger partial charge on any atom is 0.334 e. The molecular formula is C12H20O4. The van der Waals surface area contributed by atoms with Gasteiger partial charge in [0.2, 0.25) is 0 Å². The van der Waals surface area contributed by atoms with Crippen LogP contribution in [0.25, 0.3) is 0 Å². The Morgan fingerprint density at radius 1 is 1.06 bits per heavy atom. The van der Waals surface area contributed by atoms with E-state index in [4.69, 9.17) is 9.47 Å². The normalized spacial score (nSPS) is 11.8. The molecule has 0 aliphatic heterocycles. The Balaban J connectivity index is 4.53. The van der Waals surface area contributed by atoms with E-state index in [1.807, 2.05) is 0 Å². The summed E-state index contributed by atoms with van der Waals surface area (Å²) in [7, 11) is 0. The predicted molar refractivity (Wildman–Crippen MR) is 60.8 cm³/mol. The Morgan fingerprint density at radius 3 is 1.94 bits per heavy atom.